The van der Waals surface area contributed by atoms with Crippen molar-refractivity contribution in [1.29, 1.82) is 0 Å². The molecular formula is C14H17BrO2. The third-order valence-corrected chi connectivity index (χ3v) is 5.08. The van der Waals surface area contributed by atoms with Crippen LogP contribution in [0.15, 0.2) is 22.7 Å². The fourth-order valence-electron chi connectivity index (χ4n) is 3.10. The molecule has 0 atom stereocenters. The Morgan fingerprint density at radius 1 is 1.35 bits per heavy atom. The molecule has 1 N–H and O–H groups in total. The first-order valence-electron chi connectivity index (χ1n) is 6.09. The van der Waals surface area contributed by atoms with Crippen LogP contribution in [-0.4, -0.2) is 24.9 Å². The molecule has 0 radical (unpaired) electrons. The van der Waals surface area contributed by atoms with E-state index in [-0.39, 0.29) is 17.4 Å². The zero-order valence-corrected chi connectivity index (χ0v) is 11.6. The molecule has 1 aliphatic heterocycles. The Labute approximate surface area is 110 Å². The topological polar surface area (TPSA) is 29.5 Å². The van der Waals surface area contributed by atoms with Gasteiger partial charge in [-0.25, -0.2) is 0 Å². The molecule has 2 aliphatic rings. The van der Waals surface area contributed by atoms with Crippen molar-refractivity contribution in [2.24, 2.45) is 5.41 Å². The Morgan fingerprint density at radius 2 is 2.06 bits per heavy atom. The van der Waals surface area contributed by atoms with Crippen LogP contribution >= 0.6 is 15.9 Å². The lowest BCUT2D eigenvalue weighted by Crippen LogP contribution is -2.55. The van der Waals surface area contributed by atoms with Gasteiger partial charge in [-0.1, -0.05) is 22.0 Å². The van der Waals surface area contributed by atoms with E-state index in [1.807, 2.05) is 0 Å². The summed E-state index contributed by atoms with van der Waals surface area (Å²) in [6.07, 6.45) is 2.25. The van der Waals surface area contributed by atoms with E-state index in [2.05, 4.69) is 41.1 Å². The summed E-state index contributed by atoms with van der Waals surface area (Å²) in [6.45, 7) is 3.94. The number of benzene rings is 1. The third-order valence-electron chi connectivity index (χ3n) is 4.58. The molecular weight excluding hydrogens is 280 g/mol. The lowest BCUT2D eigenvalue weighted by Gasteiger charge is -2.48. The first-order valence-corrected chi connectivity index (χ1v) is 6.88. The molecule has 3 heteroatoms. The summed E-state index contributed by atoms with van der Waals surface area (Å²) < 4.78 is 6.60. The highest BCUT2D eigenvalue weighted by atomic mass is 79.9. The first-order chi connectivity index (χ1) is 8.13. The van der Waals surface area contributed by atoms with Crippen molar-refractivity contribution in [3.05, 3.63) is 33.8 Å². The second-order valence-corrected chi connectivity index (χ2v) is 6.39. The Bertz CT molecular complexity index is 448. The van der Waals surface area contributed by atoms with Crippen molar-refractivity contribution < 1.29 is 9.84 Å². The predicted octanol–water partition coefficient (Wildman–Crippen LogP) is 2.80. The lowest BCUT2D eigenvalue weighted by atomic mass is 9.65. The summed E-state index contributed by atoms with van der Waals surface area (Å²) >= 11 is 3.55. The molecule has 3 rings (SSSR count). The average molecular weight is 297 g/mol. The predicted molar refractivity (Wildman–Crippen MR) is 70.1 cm³/mol. The molecule has 1 aromatic rings. The minimum absolute atomic E-state index is 0.0512. The summed E-state index contributed by atoms with van der Waals surface area (Å²) in [5, 5.41) is 9.71. The van der Waals surface area contributed by atoms with Crippen LogP contribution in [0.1, 0.15) is 24.0 Å². The Kier molecular flexibility index (Phi) is 2.62. The van der Waals surface area contributed by atoms with Gasteiger partial charge in [-0.2, -0.15) is 0 Å². The van der Waals surface area contributed by atoms with Crippen molar-refractivity contribution in [3.63, 3.8) is 0 Å². The second-order valence-electron chi connectivity index (χ2n) is 5.47. The number of hydrogen-bond acceptors (Lipinski definition) is 2. The lowest BCUT2D eigenvalue weighted by molar-refractivity contribution is -0.110. The van der Waals surface area contributed by atoms with Crippen LogP contribution in [0.5, 0.6) is 0 Å². The summed E-state index contributed by atoms with van der Waals surface area (Å²) in [5.74, 6) is 0. The van der Waals surface area contributed by atoms with Gasteiger partial charge in [-0.3, -0.25) is 0 Å². The maximum atomic E-state index is 9.71. The monoisotopic (exact) mass is 296 g/mol. The molecule has 0 spiro atoms. The number of aliphatic hydroxyl groups excluding tert-OH is 1. The average Bonchev–Trinajstić information content (AvgIpc) is 3.03. The van der Waals surface area contributed by atoms with Gasteiger partial charge >= 0.3 is 0 Å². The van der Waals surface area contributed by atoms with E-state index >= 15 is 0 Å². The van der Waals surface area contributed by atoms with Gasteiger partial charge in [-0.15, -0.1) is 0 Å². The summed E-state index contributed by atoms with van der Waals surface area (Å²) in [6, 6.07) is 6.42. The molecule has 2 fully saturated rings. The van der Waals surface area contributed by atoms with Gasteiger partial charge in [0.15, 0.2) is 0 Å². The standard InChI is InChI=1S/C14H17BrO2/c1-10-2-3-11(15)6-12(10)14(8-17-9-14)13(7-16)4-5-13/h2-3,6,16H,4-5,7-9H2,1H3. The van der Waals surface area contributed by atoms with E-state index in [0.717, 1.165) is 30.5 Å². The molecule has 1 aliphatic carbocycles. The van der Waals surface area contributed by atoms with Crippen LogP contribution in [0.4, 0.5) is 0 Å². The molecule has 1 saturated heterocycles. The maximum absolute atomic E-state index is 9.71. The highest BCUT2D eigenvalue weighted by Crippen LogP contribution is 2.62. The smallest absolute Gasteiger partial charge is 0.0592 e. The quantitative estimate of drug-likeness (QED) is 0.929. The molecule has 2 nitrogen and oxygen atoms in total. The van der Waals surface area contributed by atoms with Gasteiger partial charge < -0.3 is 9.84 Å². The number of ether oxygens (including phenoxy) is 1. The van der Waals surface area contributed by atoms with Gasteiger partial charge in [0, 0.05) is 16.5 Å². The molecule has 0 aromatic heterocycles. The zero-order valence-electron chi connectivity index (χ0n) is 10.0. The van der Waals surface area contributed by atoms with E-state index in [1.54, 1.807) is 0 Å². The van der Waals surface area contributed by atoms with Crippen LogP contribution in [0, 0.1) is 12.3 Å². The van der Waals surface area contributed by atoms with Crippen molar-refractivity contribution in [3.8, 4) is 0 Å². The number of aryl methyl sites for hydroxylation is 1. The largest absolute Gasteiger partial charge is 0.396 e. The fourth-order valence-corrected chi connectivity index (χ4v) is 3.46. The minimum atomic E-state index is 0.0512. The number of halogens is 1. The van der Waals surface area contributed by atoms with E-state index < -0.39 is 0 Å². The van der Waals surface area contributed by atoms with Crippen LogP contribution in [0.3, 0.4) is 0 Å². The van der Waals surface area contributed by atoms with Gasteiger partial charge in [0.25, 0.3) is 0 Å². The molecule has 0 unspecified atom stereocenters. The zero-order chi connectivity index (χ0) is 12.1. The third kappa shape index (κ3) is 1.52. The van der Waals surface area contributed by atoms with Crippen LogP contribution in [0.2, 0.25) is 0 Å². The van der Waals surface area contributed by atoms with Crippen molar-refractivity contribution in [2.45, 2.75) is 25.2 Å². The normalized spacial score (nSPS) is 24.2. The van der Waals surface area contributed by atoms with Crippen molar-refractivity contribution in [2.75, 3.05) is 19.8 Å². The second kappa shape index (κ2) is 3.81. The highest BCUT2D eigenvalue weighted by molar-refractivity contribution is 9.10. The molecule has 17 heavy (non-hydrogen) atoms. The van der Waals surface area contributed by atoms with Crippen molar-refractivity contribution >= 4 is 15.9 Å². The number of rotatable bonds is 3. The number of aliphatic hydroxyl groups is 1. The Morgan fingerprint density at radius 3 is 2.53 bits per heavy atom. The molecule has 0 amide bonds. The van der Waals surface area contributed by atoms with Gasteiger partial charge in [0.1, 0.15) is 0 Å². The van der Waals surface area contributed by atoms with E-state index in [9.17, 15) is 5.11 Å². The SMILES string of the molecule is Cc1ccc(Br)cc1C1(C2(CO)CC2)COC1. The molecule has 1 saturated carbocycles. The first kappa shape index (κ1) is 11.7. The van der Waals surface area contributed by atoms with E-state index in [1.165, 1.54) is 11.1 Å². The van der Waals surface area contributed by atoms with Gasteiger partial charge in [0.2, 0.25) is 0 Å². The Balaban J connectivity index is 2.09. The summed E-state index contributed by atoms with van der Waals surface area (Å²) in [4.78, 5) is 0. The molecule has 0 bridgehead atoms. The maximum Gasteiger partial charge on any atom is 0.0592 e. The summed E-state index contributed by atoms with van der Waals surface area (Å²) in [7, 11) is 0. The Hall–Kier alpha value is -0.380. The van der Waals surface area contributed by atoms with Crippen LogP contribution in [-0.2, 0) is 10.2 Å². The highest BCUT2D eigenvalue weighted by Gasteiger charge is 2.63. The van der Waals surface area contributed by atoms with Crippen LogP contribution in [0.25, 0.3) is 0 Å². The molecule has 1 aromatic carbocycles. The van der Waals surface area contributed by atoms with E-state index in [4.69, 9.17) is 4.74 Å². The minimum Gasteiger partial charge on any atom is -0.396 e. The van der Waals surface area contributed by atoms with Crippen molar-refractivity contribution in [1.82, 2.24) is 0 Å². The van der Waals surface area contributed by atoms with Gasteiger partial charge in [-0.05, 0) is 43.0 Å². The van der Waals surface area contributed by atoms with Gasteiger partial charge in [0.05, 0.1) is 18.6 Å². The fraction of sp³-hybridized carbons (Fsp3) is 0.571. The van der Waals surface area contributed by atoms with Crippen LogP contribution < -0.4 is 0 Å². The molecule has 92 valence electrons. The van der Waals surface area contributed by atoms with E-state index in [0.29, 0.717) is 0 Å². The molecule has 1 heterocycles. The number of hydrogen-bond donors (Lipinski definition) is 1. The summed E-state index contributed by atoms with van der Waals surface area (Å²) in [5.41, 5.74) is 2.78.